The van der Waals surface area contributed by atoms with E-state index in [4.69, 9.17) is 4.74 Å². The molecule has 0 N–H and O–H groups in total. The number of rotatable bonds is 3. The van der Waals surface area contributed by atoms with Crippen molar-refractivity contribution < 1.29 is 14.5 Å². The summed E-state index contributed by atoms with van der Waals surface area (Å²) in [5.41, 5.74) is 0.935. The number of nitrogens with zero attached hydrogens (tertiary/aromatic N) is 3. The Morgan fingerprint density at radius 2 is 1.90 bits per heavy atom. The molecule has 0 aliphatic carbocycles. The van der Waals surface area contributed by atoms with Crippen LogP contribution in [-0.4, -0.2) is 55.1 Å². The lowest BCUT2D eigenvalue weighted by Crippen LogP contribution is -2.42. The summed E-state index contributed by atoms with van der Waals surface area (Å²) in [6, 6.07) is 4.75. The Morgan fingerprint density at radius 1 is 1.19 bits per heavy atom. The van der Waals surface area contributed by atoms with E-state index < -0.39 is 4.92 Å². The fraction of sp³-hybridized carbons (Fsp3) is 0.500. The predicted octanol–water partition coefficient (Wildman–Crippen LogP) is 1.28. The van der Waals surface area contributed by atoms with Gasteiger partial charge in [0.05, 0.1) is 18.1 Å². The van der Waals surface area contributed by atoms with Gasteiger partial charge < -0.3 is 14.5 Å². The maximum atomic E-state index is 12.2. The molecule has 0 spiro atoms. The summed E-state index contributed by atoms with van der Waals surface area (Å²) >= 11 is 0. The average molecular weight is 291 g/mol. The molecule has 0 radical (unpaired) electrons. The molecule has 0 saturated carbocycles. The van der Waals surface area contributed by atoms with Crippen LogP contribution in [0.25, 0.3) is 0 Å². The van der Waals surface area contributed by atoms with Crippen molar-refractivity contribution in [2.45, 2.75) is 6.42 Å². The summed E-state index contributed by atoms with van der Waals surface area (Å²) in [7, 11) is 0. The van der Waals surface area contributed by atoms with Crippen LogP contribution < -0.4 is 4.90 Å². The van der Waals surface area contributed by atoms with E-state index in [1.165, 1.54) is 6.07 Å². The number of carbonyl (C=O) groups is 1. The molecule has 21 heavy (non-hydrogen) atoms. The Balaban J connectivity index is 1.90. The molecule has 2 heterocycles. The van der Waals surface area contributed by atoms with Gasteiger partial charge in [0.2, 0.25) is 0 Å². The monoisotopic (exact) mass is 291 g/mol. The first kappa shape index (κ1) is 13.8. The van der Waals surface area contributed by atoms with E-state index in [1.54, 1.807) is 17.0 Å². The highest BCUT2D eigenvalue weighted by Crippen LogP contribution is 2.30. The van der Waals surface area contributed by atoms with Crippen molar-refractivity contribution in [3.05, 3.63) is 33.9 Å². The van der Waals surface area contributed by atoms with E-state index in [0.717, 1.165) is 19.5 Å². The summed E-state index contributed by atoms with van der Waals surface area (Å²) in [4.78, 5) is 26.7. The van der Waals surface area contributed by atoms with Crippen LogP contribution in [0.1, 0.15) is 16.8 Å². The number of nitro groups is 1. The molecule has 0 aromatic heterocycles. The molecule has 0 unspecified atom stereocenters. The smallest absolute Gasteiger partial charge is 0.293 e. The Bertz CT molecular complexity index is 565. The van der Waals surface area contributed by atoms with Crippen molar-refractivity contribution in [1.82, 2.24) is 4.90 Å². The number of ether oxygens (including phenoxy) is 1. The van der Waals surface area contributed by atoms with Gasteiger partial charge in [-0.25, -0.2) is 0 Å². The van der Waals surface area contributed by atoms with Gasteiger partial charge in [-0.15, -0.1) is 0 Å². The Kier molecular flexibility index (Phi) is 3.74. The van der Waals surface area contributed by atoms with Crippen molar-refractivity contribution >= 4 is 17.3 Å². The van der Waals surface area contributed by atoms with E-state index in [2.05, 4.69) is 0 Å². The van der Waals surface area contributed by atoms with Crippen molar-refractivity contribution in [3.63, 3.8) is 0 Å². The van der Waals surface area contributed by atoms with Gasteiger partial charge in [0.15, 0.2) is 0 Å². The molecule has 3 rings (SSSR count). The van der Waals surface area contributed by atoms with Crippen LogP contribution in [0.2, 0.25) is 0 Å². The van der Waals surface area contributed by atoms with Crippen molar-refractivity contribution in [2.75, 3.05) is 44.3 Å². The second-order valence-electron chi connectivity index (χ2n) is 5.21. The second-order valence-corrected chi connectivity index (χ2v) is 5.21. The molecule has 1 amide bonds. The minimum absolute atomic E-state index is 0.0109. The third kappa shape index (κ3) is 2.69. The lowest BCUT2D eigenvalue weighted by atomic mass is 10.1. The van der Waals surface area contributed by atoms with Gasteiger partial charge in [0.25, 0.3) is 11.6 Å². The standard InChI is InChI=1S/C14H17N3O4/c18-14(16-4-1-5-16)11-2-3-12(13(10-11)17(19)20)15-6-8-21-9-7-15/h2-3,10H,1,4-9H2. The van der Waals surface area contributed by atoms with Gasteiger partial charge >= 0.3 is 0 Å². The van der Waals surface area contributed by atoms with E-state index in [-0.39, 0.29) is 11.6 Å². The van der Waals surface area contributed by atoms with Crippen LogP contribution in [0.15, 0.2) is 18.2 Å². The van der Waals surface area contributed by atoms with Crippen LogP contribution in [0.3, 0.4) is 0 Å². The molecule has 0 atom stereocenters. The molecular formula is C14H17N3O4. The second kappa shape index (κ2) is 5.69. The predicted molar refractivity (Wildman–Crippen MR) is 76.6 cm³/mol. The fourth-order valence-electron chi connectivity index (χ4n) is 2.58. The van der Waals surface area contributed by atoms with Crippen LogP contribution in [0, 0.1) is 10.1 Å². The maximum absolute atomic E-state index is 12.2. The zero-order valence-electron chi connectivity index (χ0n) is 11.7. The highest BCUT2D eigenvalue weighted by Gasteiger charge is 2.26. The molecule has 1 aromatic carbocycles. The Morgan fingerprint density at radius 3 is 2.48 bits per heavy atom. The third-order valence-electron chi connectivity index (χ3n) is 3.91. The van der Waals surface area contributed by atoms with E-state index in [9.17, 15) is 14.9 Å². The quantitative estimate of drug-likeness (QED) is 0.619. The van der Waals surface area contributed by atoms with Gasteiger partial charge in [-0.3, -0.25) is 14.9 Å². The molecule has 112 valence electrons. The topological polar surface area (TPSA) is 75.9 Å². The Labute approximate surface area is 122 Å². The summed E-state index contributed by atoms with van der Waals surface area (Å²) in [5.74, 6) is -0.127. The zero-order valence-corrected chi connectivity index (χ0v) is 11.7. The SMILES string of the molecule is O=C(c1ccc(N2CCOCC2)c([N+](=O)[O-])c1)N1CCC1. The highest BCUT2D eigenvalue weighted by atomic mass is 16.6. The first-order valence-electron chi connectivity index (χ1n) is 7.07. The summed E-state index contributed by atoms with van der Waals surface area (Å²) < 4.78 is 5.26. The molecule has 7 heteroatoms. The molecule has 0 bridgehead atoms. The van der Waals surface area contributed by atoms with Gasteiger partial charge in [-0.05, 0) is 18.6 Å². The molecule has 2 fully saturated rings. The van der Waals surface area contributed by atoms with Gasteiger partial charge in [0.1, 0.15) is 5.69 Å². The van der Waals surface area contributed by atoms with Gasteiger partial charge in [-0.1, -0.05) is 0 Å². The highest BCUT2D eigenvalue weighted by molar-refractivity contribution is 5.96. The summed E-state index contributed by atoms with van der Waals surface area (Å²) in [6.45, 7) is 3.84. The van der Waals surface area contributed by atoms with Crippen LogP contribution in [-0.2, 0) is 4.74 Å². The van der Waals surface area contributed by atoms with Crippen LogP contribution in [0.4, 0.5) is 11.4 Å². The molecule has 7 nitrogen and oxygen atoms in total. The number of hydrogen-bond acceptors (Lipinski definition) is 5. The van der Waals surface area contributed by atoms with E-state index in [0.29, 0.717) is 37.6 Å². The molecule has 2 aliphatic heterocycles. The molecule has 2 aliphatic rings. The number of hydrogen-bond donors (Lipinski definition) is 0. The number of likely N-dealkylation sites (tertiary alicyclic amines) is 1. The first-order valence-corrected chi connectivity index (χ1v) is 7.07. The van der Waals surface area contributed by atoms with Crippen LogP contribution >= 0.6 is 0 Å². The molecular weight excluding hydrogens is 274 g/mol. The Hall–Kier alpha value is -2.15. The van der Waals surface area contributed by atoms with E-state index >= 15 is 0 Å². The first-order chi connectivity index (χ1) is 10.2. The number of carbonyl (C=O) groups excluding carboxylic acids is 1. The maximum Gasteiger partial charge on any atom is 0.293 e. The molecule has 1 aromatic rings. The summed E-state index contributed by atoms with van der Waals surface area (Å²) in [5, 5.41) is 11.3. The lowest BCUT2D eigenvalue weighted by molar-refractivity contribution is -0.384. The van der Waals surface area contributed by atoms with Crippen LogP contribution in [0.5, 0.6) is 0 Å². The third-order valence-corrected chi connectivity index (χ3v) is 3.91. The fourth-order valence-corrected chi connectivity index (χ4v) is 2.58. The molecule has 2 saturated heterocycles. The normalized spacial score (nSPS) is 18.3. The summed E-state index contributed by atoms with van der Waals surface area (Å²) in [6.07, 6.45) is 1.000. The minimum atomic E-state index is -0.419. The largest absolute Gasteiger partial charge is 0.378 e. The number of morpholine rings is 1. The number of anilines is 1. The van der Waals surface area contributed by atoms with Crippen molar-refractivity contribution in [1.29, 1.82) is 0 Å². The van der Waals surface area contributed by atoms with Gasteiger partial charge in [0, 0.05) is 37.8 Å². The van der Waals surface area contributed by atoms with E-state index in [1.807, 2.05) is 4.90 Å². The number of nitro benzene ring substituents is 1. The lowest BCUT2D eigenvalue weighted by Gasteiger charge is -2.31. The number of benzene rings is 1. The average Bonchev–Trinajstić information content (AvgIpc) is 2.45. The zero-order chi connectivity index (χ0) is 14.8. The van der Waals surface area contributed by atoms with Crippen molar-refractivity contribution in [2.24, 2.45) is 0 Å². The minimum Gasteiger partial charge on any atom is -0.378 e. The number of amides is 1. The van der Waals surface area contributed by atoms with Crippen molar-refractivity contribution in [3.8, 4) is 0 Å². The van der Waals surface area contributed by atoms with Gasteiger partial charge in [-0.2, -0.15) is 0 Å².